The molecule has 0 radical (unpaired) electrons. The zero-order valence-electron chi connectivity index (χ0n) is 22.3. The molecule has 2 aromatic heterocycles. The number of piperidine rings is 1. The van der Waals surface area contributed by atoms with Gasteiger partial charge in [-0.05, 0) is 91.6 Å². The number of furan rings is 1. The first kappa shape index (κ1) is 27.6. The van der Waals surface area contributed by atoms with Gasteiger partial charge in [0.1, 0.15) is 17.6 Å². The van der Waals surface area contributed by atoms with Gasteiger partial charge in [0.2, 0.25) is 0 Å². The molecule has 2 N–H and O–H groups in total. The second-order valence-electron chi connectivity index (χ2n) is 10.5. The van der Waals surface area contributed by atoms with E-state index in [0.29, 0.717) is 32.2 Å². The van der Waals surface area contributed by atoms with Crippen LogP contribution < -0.4 is 15.1 Å². The van der Waals surface area contributed by atoms with Crippen molar-refractivity contribution in [1.82, 2.24) is 10.3 Å². The van der Waals surface area contributed by atoms with Crippen LogP contribution in [-0.4, -0.2) is 34.3 Å². The lowest BCUT2D eigenvalue weighted by Crippen LogP contribution is -2.33. The van der Waals surface area contributed by atoms with E-state index in [-0.39, 0.29) is 11.6 Å². The van der Waals surface area contributed by atoms with E-state index in [1.807, 2.05) is 41.3 Å². The predicted molar refractivity (Wildman–Crippen MR) is 166 cm³/mol. The Labute approximate surface area is 253 Å². The van der Waals surface area contributed by atoms with Gasteiger partial charge in [-0.3, -0.25) is 4.98 Å². The number of carbonyl (C=O) groups is 1. The van der Waals surface area contributed by atoms with Crippen molar-refractivity contribution >= 4 is 57.9 Å². The van der Waals surface area contributed by atoms with Crippen molar-refractivity contribution in [2.75, 3.05) is 22.9 Å². The number of nitrogens with one attached hydrogen (secondary N) is 1. The molecule has 210 valence electrons. The number of aromatic nitrogens is 1. The van der Waals surface area contributed by atoms with Crippen molar-refractivity contribution in [1.29, 1.82) is 0 Å². The molecule has 2 atom stereocenters. The summed E-state index contributed by atoms with van der Waals surface area (Å²) < 4.78 is 6.39. The van der Waals surface area contributed by atoms with Crippen LogP contribution in [0, 0.1) is 5.92 Å². The Hall–Kier alpha value is -3.59. The van der Waals surface area contributed by atoms with Crippen molar-refractivity contribution < 1.29 is 14.3 Å². The number of aromatic carboxylic acids is 1. The van der Waals surface area contributed by atoms with E-state index < -0.39 is 12.0 Å². The van der Waals surface area contributed by atoms with Crippen LogP contribution >= 0.6 is 35.4 Å². The van der Waals surface area contributed by atoms with Crippen LogP contribution in [0.2, 0.25) is 10.0 Å². The fraction of sp³-hybridized carbons (Fsp3) is 0.258. The molecular formula is C31H28Cl2N4O3S. The summed E-state index contributed by atoms with van der Waals surface area (Å²) in [5, 5.41) is 14.5. The minimum absolute atomic E-state index is 0.122. The Morgan fingerprint density at radius 3 is 2.56 bits per heavy atom. The van der Waals surface area contributed by atoms with Gasteiger partial charge in [-0.25, -0.2) is 4.79 Å². The van der Waals surface area contributed by atoms with Gasteiger partial charge in [0.15, 0.2) is 5.11 Å². The maximum absolute atomic E-state index is 11.6. The van der Waals surface area contributed by atoms with Crippen LogP contribution in [0.5, 0.6) is 0 Å². The van der Waals surface area contributed by atoms with Gasteiger partial charge in [0, 0.05) is 30.5 Å². The van der Waals surface area contributed by atoms with E-state index in [1.165, 1.54) is 12.1 Å². The number of rotatable bonds is 6. The number of carboxylic acids is 1. The van der Waals surface area contributed by atoms with Crippen LogP contribution in [0.1, 0.15) is 53.7 Å². The van der Waals surface area contributed by atoms with Gasteiger partial charge < -0.3 is 24.6 Å². The summed E-state index contributed by atoms with van der Waals surface area (Å²) in [4.78, 5) is 20.5. The average Bonchev–Trinajstić information content (AvgIpc) is 3.59. The van der Waals surface area contributed by atoms with Crippen molar-refractivity contribution in [3.63, 3.8) is 0 Å². The lowest BCUT2D eigenvalue weighted by Gasteiger charge is -2.33. The molecule has 10 heteroatoms. The van der Waals surface area contributed by atoms with Crippen LogP contribution in [0.3, 0.4) is 0 Å². The third-order valence-electron chi connectivity index (χ3n) is 7.83. The molecule has 41 heavy (non-hydrogen) atoms. The molecule has 0 unspecified atom stereocenters. The summed E-state index contributed by atoms with van der Waals surface area (Å²) >= 11 is 19.2. The minimum atomic E-state index is -1.04. The second-order valence-corrected chi connectivity index (χ2v) is 11.7. The SMILES string of the molecule is CC1CCN(c2ccc(N3C(=S)N[C@H](c4ccccn4)[C@@H]3c3ccc(-c4cc(C(=O)O)ccc4Cl)o3)cc2Cl)CC1. The summed E-state index contributed by atoms with van der Waals surface area (Å²) in [5.74, 6) is 0.755. The van der Waals surface area contributed by atoms with Gasteiger partial charge in [0.25, 0.3) is 0 Å². The van der Waals surface area contributed by atoms with Gasteiger partial charge >= 0.3 is 5.97 Å². The number of nitrogens with zero attached hydrogens (tertiary/aromatic N) is 3. The van der Waals surface area contributed by atoms with E-state index in [2.05, 4.69) is 28.2 Å². The fourth-order valence-electron chi connectivity index (χ4n) is 5.58. The largest absolute Gasteiger partial charge is 0.478 e. The maximum Gasteiger partial charge on any atom is 0.335 e. The molecule has 0 bridgehead atoms. The first-order valence-corrected chi connectivity index (χ1v) is 14.6. The van der Waals surface area contributed by atoms with E-state index in [0.717, 1.165) is 48.9 Å². The molecule has 0 saturated carbocycles. The molecule has 4 heterocycles. The second kappa shape index (κ2) is 11.4. The maximum atomic E-state index is 11.6. The molecule has 6 rings (SSSR count). The highest BCUT2D eigenvalue weighted by Crippen LogP contribution is 2.45. The van der Waals surface area contributed by atoms with Crippen molar-refractivity contribution in [3.8, 4) is 11.3 Å². The average molecular weight is 608 g/mol. The monoisotopic (exact) mass is 606 g/mol. The summed E-state index contributed by atoms with van der Waals surface area (Å²) in [6, 6.07) is 19.3. The molecule has 2 aliphatic heterocycles. The lowest BCUT2D eigenvalue weighted by atomic mass is 9.98. The van der Waals surface area contributed by atoms with E-state index in [4.69, 9.17) is 39.8 Å². The molecule has 0 spiro atoms. The highest BCUT2D eigenvalue weighted by Gasteiger charge is 2.43. The Bertz CT molecular complexity index is 1600. The van der Waals surface area contributed by atoms with Crippen molar-refractivity contribution in [3.05, 3.63) is 100.0 Å². The number of hydrogen-bond donors (Lipinski definition) is 2. The number of hydrogen-bond acceptors (Lipinski definition) is 5. The highest BCUT2D eigenvalue weighted by atomic mass is 35.5. The highest BCUT2D eigenvalue weighted by molar-refractivity contribution is 7.80. The standard InChI is InChI=1S/C31H28Cl2N4O3S/c1-18-11-14-36(15-12-18)25-8-6-20(17-23(25)33)37-29(28(35-31(37)41)24-4-2-3-13-34-24)27-10-9-26(40-27)21-16-19(30(38)39)5-7-22(21)32/h2-10,13,16-18,28-29H,11-12,14-15H2,1H3,(H,35,41)(H,38,39)/t28-,29+/m1/s1. The number of anilines is 2. The van der Waals surface area contributed by atoms with E-state index in [1.54, 1.807) is 18.3 Å². The minimum Gasteiger partial charge on any atom is -0.478 e. The van der Waals surface area contributed by atoms with Gasteiger partial charge in [-0.1, -0.05) is 36.2 Å². The Morgan fingerprint density at radius 1 is 1.05 bits per heavy atom. The van der Waals surface area contributed by atoms with E-state index >= 15 is 0 Å². The fourth-order valence-corrected chi connectivity index (χ4v) is 6.43. The normalized spacial score (nSPS) is 19.4. The zero-order chi connectivity index (χ0) is 28.7. The third kappa shape index (κ3) is 5.39. The van der Waals surface area contributed by atoms with Crippen LogP contribution in [0.15, 0.2) is 77.3 Å². The number of thiocarbonyl (C=S) groups is 1. The number of benzene rings is 2. The zero-order valence-corrected chi connectivity index (χ0v) is 24.6. The Morgan fingerprint density at radius 2 is 1.85 bits per heavy atom. The molecule has 2 aliphatic rings. The predicted octanol–water partition coefficient (Wildman–Crippen LogP) is 7.76. The smallest absolute Gasteiger partial charge is 0.335 e. The molecular weight excluding hydrogens is 579 g/mol. The number of pyridine rings is 1. The Kier molecular flexibility index (Phi) is 7.64. The van der Waals surface area contributed by atoms with E-state index in [9.17, 15) is 9.90 Å². The van der Waals surface area contributed by atoms with Crippen LogP contribution in [0.25, 0.3) is 11.3 Å². The van der Waals surface area contributed by atoms with Gasteiger partial charge in [-0.15, -0.1) is 0 Å². The topological polar surface area (TPSA) is 81.8 Å². The summed E-state index contributed by atoms with van der Waals surface area (Å²) in [7, 11) is 0. The van der Waals surface area contributed by atoms with Crippen LogP contribution in [-0.2, 0) is 0 Å². The van der Waals surface area contributed by atoms with Crippen molar-refractivity contribution in [2.24, 2.45) is 5.92 Å². The summed E-state index contributed by atoms with van der Waals surface area (Å²) in [5.41, 5.74) is 3.27. The molecule has 7 nitrogen and oxygen atoms in total. The lowest BCUT2D eigenvalue weighted by molar-refractivity contribution is 0.0697. The first-order valence-electron chi connectivity index (χ1n) is 13.5. The number of halogens is 2. The van der Waals surface area contributed by atoms with Crippen molar-refractivity contribution in [2.45, 2.75) is 31.8 Å². The van der Waals surface area contributed by atoms with Gasteiger partial charge in [0.05, 0.1) is 33.0 Å². The Balaban J connectivity index is 1.39. The summed E-state index contributed by atoms with van der Waals surface area (Å²) in [6.07, 6.45) is 4.04. The third-order valence-corrected chi connectivity index (χ3v) is 8.78. The molecule has 2 saturated heterocycles. The molecule has 0 amide bonds. The molecule has 0 aliphatic carbocycles. The quantitative estimate of drug-likeness (QED) is 0.215. The molecule has 2 fully saturated rings. The van der Waals surface area contributed by atoms with Crippen LogP contribution in [0.4, 0.5) is 11.4 Å². The molecule has 2 aromatic carbocycles. The van der Waals surface area contributed by atoms with Gasteiger partial charge in [-0.2, -0.15) is 0 Å². The summed E-state index contributed by atoms with van der Waals surface area (Å²) in [6.45, 7) is 4.25. The number of carboxylic acid groups (broad SMARTS) is 1. The molecule has 4 aromatic rings. The first-order chi connectivity index (χ1) is 19.8.